The van der Waals surface area contributed by atoms with Gasteiger partial charge in [0.15, 0.2) is 0 Å². The number of anilines is 1. The van der Waals surface area contributed by atoms with Crippen molar-refractivity contribution in [2.24, 2.45) is 17.8 Å². The van der Waals surface area contributed by atoms with Gasteiger partial charge in [-0.3, -0.25) is 4.79 Å². The van der Waals surface area contributed by atoms with Crippen LogP contribution >= 0.6 is 11.6 Å². The third-order valence-electron chi connectivity index (χ3n) is 10.0. The van der Waals surface area contributed by atoms with Crippen molar-refractivity contribution in [3.63, 3.8) is 0 Å². The van der Waals surface area contributed by atoms with E-state index < -0.39 is 11.0 Å². The summed E-state index contributed by atoms with van der Waals surface area (Å²) in [5, 5.41) is 0.185. The predicted molar refractivity (Wildman–Crippen MR) is 173 cm³/mol. The minimum atomic E-state index is -0.945. The van der Waals surface area contributed by atoms with Crippen LogP contribution < -0.4 is 14.4 Å². The zero-order chi connectivity index (χ0) is 29.4. The Labute approximate surface area is 255 Å². The SMILES string of the molecule is CCl.CNS(=O)C(C)C(C)CCCCC1CCC1CN1CC2(CCCc3ccccc32)COc2ccc(C=O)cc21. The maximum Gasteiger partial charge on any atom is 0.150 e. The minimum Gasteiger partial charge on any atom is -0.490 e. The van der Waals surface area contributed by atoms with Gasteiger partial charge in [0.1, 0.15) is 12.0 Å². The highest BCUT2D eigenvalue weighted by Crippen LogP contribution is 2.46. The van der Waals surface area contributed by atoms with Gasteiger partial charge in [-0.15, -0.1) is 11.6 Å². The number of nitrogens with one attached hydrogen (secondary N) is 1. The van der Waals surface area contributed by atoms with Crippen molar-refractivity contribution >= 4 is 34.6 Å². The number of alkyl halides is 1. The van der Waals surface area contributed by atoms with Gasteiger partial charge in [-0.25, -0.2) is 8.93 Å². The van der Waals surface area contributed by atoms with E-state index in [1.807, 2.05) is 18.2 Å². The first-order valence-electron chi connectivity index (χ1n) is 15.4. The van der Waals surface area contributed by atoms with E-state index >= 15 is 0 Å². The number of nitrogens with zero attached hydrogens (tertiary/aromatic N) is 1. The Hall–Kier alpha value is -1.89. The lowest BCUT2D eigenvalue weighted by molar-refractivity contribution is 0.112. The highest BCUT2D eigenvalue weighted by Gasteiger charge is 2.43. The average molecular weight is 601 g/mol. The maximum atomic E-state index is 12.1. The fraction of sp³-hybridized carbons (Fsp3) is 0.618. The molecule has 1 heterocycles. The molecule has 6 unspecified atom stereocenters. The van der Waals surface area contributed by atoms with E-state index in [4.69, 9.17) is 4.74 Å². The molecule has 1 spiro atoms. The quantitative estimate of drug-likeness (QED) is 0.167. The molecule has 1 aliphatic heterocycles. The summed E-state index contributed by atoms with van der Waals surface area (Å²) in [5.41, 5.74) is 4.71. The van der Waals surface area contributed by atoms with E-state index in [-0.39, 0.29) is 10.7 Å². The predicted octanol–water partition coefficient (Wildman–Crippen LogP) is 7.32. The second-order valence-electron chi connectivity index (χ2n) is 12.4. The zero-order valence-electron chi connectivity index (χ0n) is 25.4. The number of benzene rings is 2. The first-order chi connectivity index (χ1) is 19.9. The summed E-state index contributed by atoms with van der Waals surface area (Å²) in [5.74, 6) is 2.82. The van der Waals surface area contributed by atoms with Crippen LogP contribution in [0, 0.1) is 17.8 Å². The number of unbranched alkanes of at least 4 members (excludes halogenated alkanes) is 1. The number of halogens is 1. The summed E-state index contributed by atoms with van der Waals surface area (Å²) in [6, 6.07) is 14.9. The summed E-state index contributed by atoms with van der Waals surface area (Å²) < 4.78 is 21.5. The van der Waals surface area contributed by atoms with Gasteiger partial charge in [-0.05, 0) is 99.6 Å². The standard InChI is InChI=1S/C33H46N2O3S.CH3Cl/c1-24(25(2)39(37)34-3)9-4-5-10-27-15-16-29(27)20-35-22-33(18-8-12-28-11-6-7-13-30(28)33)23-38-32-17-14-26(21-36)19-31(32)35;1-2/h6-7,11,13-14,17,19,21,24-25,27,29,34H,4-5,8-10,12,15-16,18,20,22-23H2,1-3H3;1H3. The van der Waals surface area contributed by atoms with Crippen molar-refractivity contribution in [2.45, 2.75) is 82.3 Å². The average Bonchev–Trinajstić information content (AvgIpc) is 3.16. The largest absolute Gasteiger partial charge is 0.490 e. The van der Waals surface area contributed by atoms with E-state index in [1.54, 1.807) is 7.05 Å². The van der Waals surface area contributed by atoms with Crippen molar-refractivity contribution in [1.29, 1.82) is 0 Å². The van der Waals surface area contributed by atoms with Crippen molar-refractivity contribution in [2.75, 3.05) is 38.0 Å². The molecule has 0 bridgehead atoms. The highest BCUT2D eigenvalue weighted by molar-refractivity contribution is 7.83. The summed E-state index contributed by atoms with van der Waals surface area (Å²) in [4.78, 5) is 14.3. The number of ether oxygens (including phenoxy) is 1. The Kier molecular flexibility index (Phi) is 11.7. The van der Waals surface area contributed by atoms with Crippen molar-refractivity contribution in [3.05, 3.63) is 59.2 Å². The molecule has 226 valence electrons. The van der Waals surface area contributed by atoms with E-state index in [0.29, 0.717) is 18.4 Å². The Balaban J connectivity index is 0.00000189. The van der Waals surface area contributed by atoms with Crippen LogP contribution in [-0.2, 0) is 22.8 Å². The zero-order valence-corrected chi connectivity index (χ0v) is 26.9. The van der Waals surface area contributed by atoms with Gasteiger partial charge >= 0.3 is 0 Å². The summed E-state index contributed by atoms with van der Waals surface area (Å²) in [7, 11) is 0.832. The van der Waals surface area contributed by atoms with Gasteiger partial charge in [0, 0.05) is 35.7 Å². The molecule has 5 rings (SSSR count). The summed E-state index contributed by atoms with van der Waals surface area (Å²) in [6.45, 7) is 6.99. The van der Waals surface area contributed by atoms with Gasteiger partial charge in [0.25, 0.3) is 0 Å². The molecule has 3 aliphatic rings. The molecular weight excluding hydrogens is 552 g/mol. The fourth-order valence-electron chi connectivity index (χ4n) is 7.22. The first kappa shape index (κ1) is 32.0. The molecule has 7 heteroatoms. The number of hydrogen-bond acceptors (Lipinski definition) is 4. The van der Waals surface area contributed by atoms with Crippen LogP contribution in [0.3, 0.4) is 0 Å². The number of carbonyl (C=O) groups excluding carboxylic acids is 1. The third kappa shape index (κ3) is 7.37. The summed E-state index contributed by atoms with van der Waals surface area (Å²) in [6.07, 6.45) is 13.4. The minimum absolute atomic E-state index is 0.0191. The number of fused-ring (bicyclic) bond motifs is 3. The van der Waals surface area contributed by atoms with Gasteiger partial charge < -0.3 is 9.64 Å². The van der Waals surface area contributed by atoms with Crippen molar-refractivity contribution in [3.8, 4) is 5.75 Å². The van der Waals surface area contributed by atoms with Crippen LogP contribution in [-0.4, -0.2) is 48.9 Å². The molecule has 0 amide bonds. The van der Waals surface area contributed by atoms with Gasteiger partial charge in [-0.2, -0.15) is 0 Å². The molecule has 0 aromatic heterocycles. The van der Waals surface area contributed by atoms with E-state index in [2.05, 4.69) is 59.3 Å². The van der Waals surface area contributed by atoms with Crippen LogP contribution in [0.15, 0.2) is 42.5 Å². The summed E-state index contributed by atoms with van der Waals surface area (Å²) >= 11 is 4.64. The van der Waals surface area contributed by atoms with Gasteiger partial charge in [-0.1, -0.05) is 50.5 Å². The van der Waals surface area contributed by atoms with Crippen molar-refractivity contribution < 1.29 is 13.7 Å². The lowest BCUT2D eigenvalue weighted by Gasteiger charge is -2.44. The molecule has 2 aromatic rings. The fourth-order valence-corrected chi connectivity index (χ4v) is 8.15. The van der Waals surface area contributed by atoms with Crippen LogP contribution in [0.5, 0.6) is 5.75 Å². The lowest BCUT2D eigenvalue weighted by atomic mass is 9.68. The Morgan fingerprint density at radius 3 is 2.66 bits per heavy atom. The Morgan fingerprint density at radius 2 is 1.93 bits per heavy atom. The molecule has 0 saturated heterocycles. The molecule has 0 radical (unpaired) electrons. The topological polar surface area (TPSA) is 58.6 Å². The third-order valence-corrected chi connectivity index (χ3v) is 11.5. The smallest absolute Gasteiger partial charge is 0.150 e. The number of rotatable bonds is 11. The van der Waals surface area contributed by atoms with Crippen LogP contribution in [0.25, 0.3) is 0 Å². The monoisotopic (exact) mass is 600 g/mol. The van der Waals surface area contributed by atoms with Gasteiger partial charge in [0.05, 0.1) is 23.3 Å². The molecule has 5 nitrogen and oxygen atoms in total. The molecule has 2 aliphatic carbocycles. The van der Waals surface area contributed by atoms with Crippen LogP contribution in [0.1, 0.15) is 86.7 Å². The van der Waals surface area contributed by atoms with Crippen LogP contribution in [0.4, 0.5) is 5.69 Å². The van der Waals surface area contributed by atoms with Crippen molar-refractivity contribution in [1.82, 2.24) is 4.72 Å². The second kappa shape index (κ2) is 15.0. The maximum absolute atomic E-state index is 12.1. The molecular formula is C34H49ClN2O3S. The number of hydrogen-bond donors (Lipinski definition) is 1. The van der Waals surface area contributed by atoms with E-state index in [9.17, 15) is 9.00 Å². The first-order valence-corrected chi connectivity index (χ1v) is 17.4. The molecule has 1 fully saturated rings. The molecule has 1 saturated carbocycles. The Morgan fingerprint density at radius 1 is 1.15 bits per heavy atom. The molecule has 6 atom stereocenters. The molecule has 41 heavy (non-hydrogen) atoms. The molecule has 2 aromatic carbocycles. The molecule has 1 N–H and O–H groups in total. The van der Waals surface area contributed by atoms with E-state index in [1.165, 1.54) is 56.0 Å². The second-order valence-corrected chi connectivity index (χ2v) is 14.1. The Bertz CT molecular complexity index is 1180. The number of aryl methyl sites for hydroxylation is 1. The number of carbonyl (C=O) groups is 1. The highest BCUT2D eigenvalue weighted by atomic mass is 35.5. The normalized spacial score (nSPS) is 25.2. The van der Waals surface area contributed by atoms with Crippen LogP contribution in [0.2, 0.25) is 0 Å². The van der Waals surface area contributed by atoms with Gasteiger partial charge in [0.2, 0.25) is 0 Å². The number of aldehydes is 1. The van der Waals surface area contributed by atoms with E-state index in [0.717, 1.165) is 61.6 Å². The lowest BCUT2D eigenvalue weighted by Crippen LogP contribution is -2.48.